The maximum Gasteiger partial charge on any atom is 0.275 e. The molecule has 1 aliphatic carbocycles. The number of carbonyl (C=O) groups is 2. The molecule has 1 saturated carbocycles. The second-order valence-corrected chi connectivity index (χ2v) is 18.8. The standard InChI is InChI=1S/C46H55ClN8O5/c1-28-26-52(20-21-54(28)34-11-13-36-32(22-34)25-49-55(42(36)59)38-14-15-39(56)50-41(38)58)27-29-16-18-53(19-17-29)33-9-6-30(7-10-33)40(57)51-43-45(2,3)44(46(43,4)5)60-35-12-8-31(24-48)37(47)23-35/h6-13,22-23,25,28-29,38-39,43-44,56H,14-21,26-27H2,1-5H3,(H,50,58)(H,51,57)/t28-,38?,39?,43?,44?/m1/s1. The van der Waals surface area contributed by atoms with Gasteiger partial charge in [0.2, 0.25) is 5.91 Å². The number of aliphatic hydroxyl groups excluding tert-OH is 1. The highest BCUT2D eigenvalue weighted by Crippen LogP contribution is 2.55. The van der Waals surface area contributed by atoms with Crippen molar-refractivity contribution >= 4 is 45.6 Å². The number of hydrogen-bond acceptors (Lipinski definition) is 10. The first kappa shape index (κ1) is 41.6. The number of nitrogens with one attached hydrogen (secondary N) is 2. The highest BCUT2D eigenvalue weighted by molar-refractivity contribution is 6.31. The lowest BCUT2D eigenvalue weighted by Gasteiger charge is -2.63. The Morgan fingerprint density at radius 2 is 1.68 bits per heavy atom. The highest BCUT2D eigenvalue weighted by Gasteiger charge is 2.64. The second kappa shape index (κ2) is 16.4. The van der Waals surface area contributed by atoms with Gasteiger partial charge >= 0.3 is 0 Å². The average molecular weight is 835 g/mol. The minimum Gasteiger partial charge on any atom is -0.489 e. The third-order valence-corrected chi connectivity index (χ3v) is 13.8. The van der Waals surface area contributed by atoms with Crippen molar-refractivity contribution in [2.45, 2.75) is 90.8 Å². The van der Waals surface area contributed by atoms with Gasteiger partial charge < -0.3 is 30.3 Å². The molecule has 60 heavy (non-hydrogen) atoms. The Hall–Kier alpha value is -5.16. The van der Waals surface area contributed by atoms with E-state index < -0.39 is 12.3 Å². The molecule has 0 radical (unpaired) electrons. The summed E-state index contributed by atoms with van der Waals surface area (Å²) < 4.78 is 7.64. The first-order chi connectivity index (χ1) is 28.6. The lowest BCUT2D eigenvalue weighted by atomic mass is 9.49. The van der Waals surface area contributed by atoms with Gasteiger partial charge in [-0.15, -0.1) is 0 Å². The number of aliphatic hydroxyl groups is 1. The zero-order valence-electron chi connectivity index (χ0n) is 35.0. The van der Waals surface area contributed by atoms with Crippen LogP contribution in [0.3, 0.4) is 0 Å². The van der Waals surface area contributed by atoms with Crippen molar-refractivity contribution in [1.29, 1.82) is 5.26 Å². The molecule has 0 spiro atoms. The number of benzene rings is 3. The number of rotatable bonds is 9. The summed E-state index contributed by atoms with van der Waals surface area (Å²) in [5, 5.41) is 30.8. The normalized spacial score (nSPS) is 25.6. The summed E-state index contributed by atoms with van der Waals surface area (Å²) in [5.74, 6) is 0.731. The zero-order valence-corrected chi connectivity index (χ0v) is 35.8. The van der Waals surface area contributed by atoms with Crippen LogP contribution < -0.4 is 30.7 Å². The number of halogens is 1. The molecular weight excluding hydrogens is 780 g/mol. The van der Waals surface area contributed by atoms with Gasteiger partial charge in [-0.05, 0) is 93.1 Å². The molecule has 13 nitrogen and oxygen atoms in total. The van der Waals surface area contributed by atoms with Crippen LogP contribution in [0.4, 0.5) is 11.4 Å². The van der Waals surface area contributed by atoms with Crippen LogP contribution in [-0.2, 0) is 4.79 Å². The summed E-state index contributed by atoms with van der Waals surface area (Å²) in [6.45, 7) is 16.5. The van der Waals surface area contributed by atoms with E-state index in [0.29, 0.717) is 52.1 Å². The van der Waals surface area contributed by atoms with Crippen LogP contribution in [-0.4, -0.2) is 95.3 Å². The van der Waals surface area contributed by atoms with Crippen molar-refractivity contribution in [2.24, 2.45) is 16.7 Å². The smallest absolute Gasteiger partial charge is 0.275 e. The molecule has 2 amide bonds. The molecule has 14 heteroatoms. The van der Waals surface area contributed by atoms with Gasteiger partial charge in [0, 0.05) is 90.6 Å². The summed E-state index contributed by atoms with van der Waals surface area (Å²) in [7, 11) is 0. The summed E-state index contributed by atoms with van der Waals surface area (Å²) >= 11 is 6.26. The number of anilines is 2. The molecule has 4 heterocycles. The van der Waals surface area contributed by atoms with Crippen molar-refractivity contribution < 1.29 is 19.4 Å². The van der Waals surface area contributed by atoms with Gasteiger partial charge in [0.1, 0.15) is 30.2 Å². The van der Waals surface area contributed by atoms with E-state index in [-0.39, 0.29) is 40.3 Å². The molecule has 4 fully saturated rings. The number of fused-ring (bicyclic) bond motifs is 1. The number of piperazine rings is 1. The molecule has 0 bridgehead atoms. The Morgan fingerprint density at radius 3 is 2.35 bits per heavy atom. The summed E-state index contributed by atoms with van der Waals surface area (Å²) in [6.07, 6.45) is 3.56. The molecule has 3 atom stereocenters. The molecule has 2 unspecified atom stereocenters. The fourth-order valence-corrected chi connectivity index (χ4v) is 10.7. The lowest BCUT2D eigenvalue weighted by molar-refractivity contribution is -0.164. The van der Waals surface area contributed by atoms with Gasteiger partial charge in [-0.2, -0.15) is 10.4 Å². The fourth-order valence-electron chi connectivity index (χ4n) is 10.5. The van der Waals surface area contributed by atoms with Crippen LogP contribution in [0.25, 0.3) is 10.8 Å². The number of carbonyl (C=O) groups excluding carboxylic acids is 2. The van der Waals surface area contributed by atoms with E-state index >= 15 is 0 Å². The fraction of sp³-hybridized carbons (Fsp3) is 0.500. The molecule has 3 aliphatic heterocycles. The van der Waals surface area contributed by atoms with Crippen LogP contribution >= 0.6 is 11.6 Å². The topological polar surface area (TPSA) is 156 Å². The quantitative estimate of drug-likeness (QED) is 0.191. The van der Waals surface area contributed by atoms with E-state index in [0.717, 1.165) is 68.9 Å². The van der Waals surface area contributed by atoms with E-state index in [1.165, 1.54) is 4.68 Å². The molecular formula is C46H55ClN8O5. The Labute approximate surface area is 356 Å². The van der Waals surface area contributed by atoms with Crippen molar-refractivity contribution in [3.05, 3.63) is 93.4 Å². The number of nitrogens with zero attached hydrogens (tertiary/aromatic N) is 6. The van der Waals surface area contributed by atoms with Gasteiger partial charge in [-0.25, -0.2) is 4.68 Å². The Balaban J connectivity index is 0.805. The number of ether oxygens (including phenoxy) is 1. The molecule has 3 N–H and O–H groups in total. The Bertz CT molecular complexity index is 2350. The molecule has 8 rings (SSSR count). The number of piperidine rings is 2. The third kappa shape index (κ3) is 7.93. The van der Waals surface area contributed by atoms with Gasteiger partial charge in [-0.1, -0.05) is 39.3 Å². The SMILES string of the molecule is C[C@@H]1CN(CC2CCN(c3ccc(C(=O)NC4C(C)(C)C(Oc5ccc(C#N)c(Cl)c5)C4(C)C)cc3)CC2)CCN1c1ccc2c(=O)n(C3CCC(O)NC3=O)ncc2c1. The molecule has 3 saturated heterocycles. The number of aromatic nitrogens is 2. The first-order valence-electron chi connectivity index (χ1n) is 21.1. The summed E-state index contributed by atoms with van der Waals surface area (Å²) in [5.41, 5.74) is 2.25. The van der Waals surface area contributed by atoms with Crippen LogP contribution in [0.2, 0.25) is 5.02 Å². The summed E-state index contributed by atoms with van der Waals surface area (Å²) in [4.78, 5) is 46.7. The van der Waals surface area contributed by atoms with Gasteiger partial charge in [-0.3, -0.25) is 19.3 Å². The Morgan fingerprint density at radius 1 is 0.967 bits per heavy atom. The van der Waals surface area contributed by atoms with Crippen LogP contribution in [0.5, 0.6) is 5.75 Å². The number of amides is 2. The predicted molar refractivity (Wildman–Crippen MR) is 232 cm³/mol. The zero-order chi connectivity index (χ0) is 42.5. The third-order valence-electron chi connectivity index (χ3n) is 13.5. The second-order valence-electron chi connectivity index (χ2n) is 18.4. The molecule has 4 aromatic rings. The first-order valence-corrected chi connectivity index (χ1v) is 21.5. The number of nitriles is 1. The Kier molecular flexibility index (Phi) is 11.3. The van der Waals surface area contributed by atoms with E-state index in [1.54, 1.807) is 24.4 Å². The maximum absolute atomic E-state index is 13.5. The van der Waals surface area contributed by atoms with E-state index in [2.05, 4.69) is 83.3 Å². The lowest BCUT2D eigenvalue weighted by Crippen LogP contribution is -2.74. The van der Waals surface area contributed by atoms with E-state index in [9.17, 15) is 24.8 Å². The van der Waals surface area contributed by atoms with Crippen molar-refractivity contribution in [1.82, 2.24) is 25.3 Å². The summed E-state index contributed by atoms with van der Waals surface area (Å²) in [6, 6.07) is 20.5. The number of hydrogen-bond donors (Lipinski definition) is 3. The van der Waals surface area contributed by atoms with Crippen molar-refractivity contribution in [3.63, 3.8) is 0 Å². The van der Waals surface area contributed by atoms with Crippen LogP contribution in [0.1, 0.15) is 82.3 Å². The maximum atomic E-state index is 13.5. The minimum absolute atomic E-state index is 0.100. The largest absolute Gasteiger partial charge is 0.489 e. The van der Waals surface area contributed by atoms with Gasteiger partial charge in [0.05, 0.1) is 22.2 Å². The van der Waals surface area contributed by atoms with Gasteiger partial charge in [0.15, 0.2) is 0 Å². The van der Waals surface area contributed by atoms with Gasteiger partial charge in [0.25, 0.3) is 11.5 Å². The molecule has 316 valence electrons. The predicted octanol–water partition coefficient (Wildman–Crippen LogP) is 5.73. The monoisotopic (exact) mass is 834 g/mol. The van der Waals surface area contributed by atoms with Crippen LogP contribution in [0, 0.1) is 28.1 Å². The average Bonchev–Trinajstić information content (AvgIpc) is 3.22. The molecule has 1 aromatic heterocycles. The van der Waals surface area contributed by atoms with Crippen molar-refractivity contribution in [3.8, 4) is 11.8 Å². The molecule has 3 aromatic carbocycles. The highest BCUT2D eigenvalue weighted by atomic mass is 35.5. The van der Waals surface area contributed by atoms with Crippen LogP contribution in [0.15, 0.2) is 71.7 Å². The molecule has 4 aliphatic rings. The van der Waals surface area contributed by atoms with Crippen molar-refractivity contribution in [2.75, 3.05) is 49.1 Å². The van der Waals surface area contributed by atoms with E-state index in [4.69, 9.17) is 16.3 Å². The minimum atomic E-state index is -0.886. The van der Waals surface area contributed by atoms with E-state index in [1.807, 2.05) is 30.3 Å².